The molecule has 1 rings (SSSR count). The van der Waals surface area contributed by atoms with Crippen molar-refractivity contribution < 1.29 is 8.42 Å². The van der Waals surface area contributed by atoms with Gasteiger partial charge in [-0.1, -0.05) is 36.7 Å². The fraction of sp³-hybridized carbons (Fsp3) is 1.00. The average Bonchev–Trinajstić information content (AvgIpc) is 2.39. The van der Waals surface area contributed by atoms with Gasteiger partial charge in [-0.3, -0.25) is 0 Å². The van der Waals surface area contributed by atoms with Crippen molar-refractivity contribution in [2.75, 3.05) is 25.0 Å². The third-order valence-corrected chi connectivity index (χ3v) is 6.31. The van der Waals surface area contributed by atoms with Crippen LogP contribution in [0.1, 0.15) is 46.5 Å². The molecule has 1 aliphatic rings. The minimum atomic E-state index is -3.31. The van der Waals surface area contributed by atoms with E-state index in [1.54, 1.807) is 8.61 Å². The van der Waals surface area contributed by atoms with E-state index >= 15 is 0 Å². The van der Waals surface area contributed by atoms with Crippen LogP contribution in [0.2, 0.25) is 0 Å². The van der Waals surface area contributed by atoms with Crippen LogP contribution in [0.4, 0.5) is 0 Å². The van der Waals surface area contributed by atoms with Gasteiger partial charge in [0, 0.05) is 31.0 Å². The van der Waals surface area contributed by atoms with Gasteiger partial charge < -0.3 is 0 Å². The van der Waals surface area contributed by atoms with E-state index in [0.717, 1.165) is 25.7 Å². The maximum absolute atomic E-state index is 12.8. The molecule has 0 radical (unpaired) electrons. The Balaban J connectivity index is 2.91. The predicted molar refractivity (Wildman–Crippen MR) is 83.8 cm³/mol. The van der Waals surface area contributed by atoms with Crippen molar-refractivity contribution in [3.63, 3.8) is 0 Å². The Hall–Kier alpha value is 0.350. The summed E-state index contributed by atoms with van der Waals surface area (Å²) in [6.07, 6.45) is 3.85. The van der Waals surface area contributed by atoms with Crippen LogP contribution in [0.25, 0.3) is 0 Å². The Morgan fingerprint density at radius 2 is 2.00 bits per heavy atom. The van der Waals surface area contributed by atoms with E-state index in [2.05, 4.69) is 36.7 Å². The second-order valence-corrected chi connectivity index (χ2v) is 8.06. The molecule has 1 aliphatic heterocycles. The van der Waals surface area contributed by atoms with Crippen LogP contribution in [0.3, 0.4) is 0 Å². The molecule has 1 heterocycles. The van der Waals surface area contributed by atoms with Crippen molar-refractivity contribution in [2.45, 2.75) is 52.5 Å². The van der Waals surface area contributed by atoms with E-state index < -0.39 is 10.2 Å². The molecule has 0 bridgehead atoms. The quantitative estimate of drug-likeness (QED) is 0.659. The summed E-state index contributed by atoms with van der Waals surface area (Å²) in [4.78, 5) is 0. The number of nitrogens with zero attached hydrogens (tertiary/aromatic N) is 2. The number of hydrogen-bond donors (Lipinski definition) is 0. The summed E-state index contributed by atoms with van der Waals surface area (Å²) in [5.41, 5.74) is 0. The van der Waals surface area contributed by atoms with Crippen LogP contribution in [-0.2, 0) is 10.2 Å². The van der Waals surface area contributed by atoms with Crippen LogP contribution < -0.4 is 0 Å². The van der Waals surface area contributed by atoms with Gasteiger partial charge in [0.1, 0.15) is 0 Å². The monoisotopic (exact) mass is 354 g/mol. The van der Waals surface area contributed by atoms with E-state index in [-0.39, 0.29) is 6.04 Å². The number of rotatable bonds is 7. The fourth-order valence-electron chi connectivity index (χ4n) is 2.77. The van der Waals surface area contributed by atoms with Gasteiger partial charge in [0.25, 0.3) is 10.2 Å². The molecule has 19 heavy (non-hydrogen) atoms. The molecule has 4 nitrogen and oxygen atoms in total. The molecule has 1 unspecified atom stereocenters. The SMILES string of the molecule is CCC(CC)N(CCBr)S(=O)(=O)N1CCCC(C)C1. The normalized spacial score (nSPS) is 22.3. The van der Waals surface area contributed by atoms with Crippen LogP contribution in [0, 0.1) is 5.92 Å². The molecular formula is C13H27BrN2O2S. The van der Waals surface area contributed by atoms with Crippen molar-refractivity contribution in [3.8, 4) is 0 Å². The van der Waals surface area contributed by atoms with Crippen molar-refractivity contribution in [1.29, 1.82) is 0 Å². The van der Waals surface area contributed by atoms with Gasteiger partial charge in [-0.05, 0) is 31.6 Å². The molecule has 0 spiro atoms. The molecule has 114 valence electrons. The lowest BCUT2D eigenvalue weighted by molar-refractivity contribution is 0.238. The van der Waals surface area contributed by atoms with Crippen molar-refractivity contribution in [2.24, 2.45) is 5.92 Å². The largest absolute Gasteiger partial charge is 0.282 e. The molecule has 6 heteroatoms. The molecule has 0 aromatic heterocycles. The first-order valence-corrected chi connectivity index (χ1v) is 9.82. The van der Waals surface area contributed by atoms with E-state index in [0.29, 0.717) is 30.9 Å². The smallest absolute Gasteiger partial charge is 0.195 e. The molecule has 0 aromatic rings. The molecule has 1 fully saturated rings. The Labute approximate surface area is 126 Å². The zero-order valence-corrected chi connectivity index (χ0v) is 14.7. The number of halogens is 1. The zero-order chi connectivity index (χ0) is 14.5. The lowest BCUT2D eigenvalue weighted by Crippen LogP contribution is -2.51. The first kappa shape index (κ1) is 17.4. The molecule has 0 N–H and O–H groups in total. The Morgan fingerprint density at radius 3 is 2.47 bits per heavy atom. The van der Waals surface area contributed by atoms with Gasteiger partial charge in [-0.15, -0.1) is 0 Å². The molecule has 0 aromatic carbocycles. The van der Waals surface area contributed by atoms with Crippen LogP contribution in [0.5, 0.6) is 0 Å². The topological polar surface area (TPSA) is 40.6 Å². The zero-order valence-electron chi connectivity index (χ0n) is 12.3. The van der Waals surface area contributed by atoms with Crippen molar-refractivity contribution >= 4 is 26.1 Å². The van der Waals surface area contributed by atoms with Crippen LogP contribution >= 0.6 is 15.9 Å². The third-order valence-electron chi connectivity index (χ3n) is 3.90. The summed E-state index contributed by atoms with van der Waals surface area (Å²) in [5.74, 6) is 0.469. The highest BCUT2D eigenvalue weighted by atomic mass is 79.9. The van der Waals surface area contributed by atoms with Crippen LogP contribution in [0.15, 0.2) is 0 Å². The second kappa shape index (κ2) is 7.96. The third kappa shape index (κ3) is 4.41. The summed E-state index contributed by atoms with van der Waals surface area (Å²) in [6, 6.07) is 0.111. The van der Waals surface area contributed by atoms with Gasteiger partial charge in [0.2, 0.25) is 0 Å². The Morgan fingerprint density at radius 1 is 1.37 bits per heavy atom. The van der Waals surface area contributed by atoms with E-state index in [1.165, 1.54) is 0 Å². The number of alkyl halides is 1. The van der Waals surface area contributed by atoms with Gasteiger partial charge in [-0.25, -0.2) is 0 Å². The standard InChI is InChI=1S/C13H27BrN2O2S/c1-4-13(5-2)16(10-8-14)19(17,18)15-9-6-7-12(3)11-15/h12-13H,4-11H2,1-3H3. The Bertz CT molecular complexity index is 358. The lowest BCUT2D eigenvalue weighted by atomic mass is 10.0. The highest BCUT2D eigenvalue weighted by Crippen LogP contribution is 2.23. The summed E-state index contributed by atoms with van der Waals surface area (Å²) < 4.78 is 29.0. The maximum atomic E-state index is 12.8. The minimum Gasteiger partial charge on any atom is -0.195 e. The molecular weight excluding hydrogens is 328 g/mol. The molecule has 1 saturated heterocycles. The first-order valence-electron chi connectivity index (χ1n) is 7.30. The molecule has 0 saturated carbocycles. The van der Waals surface area contributed by atoms with Gasteiger partial charge in [0.05, 0.1) is 0 Å². The highest BCUT2D eigenvalue weighted by Gasteiger charge is 2.35. The first-order chi connectivity index (χ1) is 8.97. The summed E-state index contributed by atoms with van der Waals surface area (Å²) >= 11 is 3.38. The van der Waals surface area contributed by atoms with Gasteiger partial charge >= 0.3 is 0 Å². The number of hydrogen-bond acceptors (Lipinski definition) is 2. The molecule has 0 amide bonds. The van der Waals surface area contributed by atoms with E-state index in [1.807, 2.05) is 0 Å². The fourth-order valence-corrected chi connectivity index (χ4v) is 5.48. The van der Waals surface area contributed by atoms with E-state index in [4.69, 9.17) is 0 Å². The number of piperidine rings is 1. The van der Waals surface area contributed by atoms with Crippen LogP contribution in [-0.4, -0.2) is 48.0 Å². The molecule has 1 atom stereocenters. The maximum Gasteiger partial charge on any atom is 0.282 e. The summed E-state index contributed by atoms with van der Waals surface area (Å²) in [7, 11) is -3.31. The average molecular weight is 355 g/mol. The van der Waals surface area contributed by atoms with Gasteiger partial charge in [0.15, 0.2) is 0 Å². The minimum absolute atomic E-state index is 0.111. The second-order valence-electron chi connectivity index (χ2n) is 5.38. The van der Waals surface area contributed by atoms with E-state index in [9.17, 15) is 8.42 Å². The summed E-state index contributed by atoms with van der Waals surface area (Å²) in [5, 5.41) is 0.687. The summed E-state index contributed by atoms with van der Waals surface area (Å²) in [6.45, 7) is 8.15. The van der Waals surface area contributed by atoms with Gasteiger partial charge in [-0.2, -0.15) is 17.0 Å². The molecule has 0 aliphatic carbocycles. The predicted octanol–water partition coefficient (Wildman–Crippen LogP) is 2.85. The highest BCUT2D eigenvalue weighted by molar-refractivity contribution is 9.09. The lowest BCUT2D eigenvalue weighted by Gasteiger charge is -2.37. The Kier molecular flexibility index (Phi) is 7.29. The van der Waals surface area contributed by atoms with Crippen molar-refractivity contribution in [1.82, 2.24) is 8.61 Å². The van der Waals surface area contributed by atoms with Crippen molar-refractivity contribution in [3.05, 3.63) is 0 Å².